The van der Waals surface area contributed by atoms with E-state index in [9.17, 15) is 0 Å². The molecule has 0 spiro atoms. The predicted molar refractivity (Wildman–Crippen MR) is 209 cm³/mol. The van der Waals surface area contributed by atoms with Crippen LogP contribution in [0.5, 0.6) is 0 Å². The Balaban J connectivity index is 1.21. The highest BCUT2D eigenvalue weighted by molar-refractivity contribution is 6.14. The van der Waals surface area contributed by atoms with E-state index in [1.807, 2.05) is 0 Å². The monoisotopic (exact) mass is 635 g/mol. The average molecular weight is 636 g/mol. The molecule has 0 aliphatic heterocycles. The molecule has 50 heavy (non-hydrogen) atoms. The van der Waals surface area contributed by atoms with Crippen LogP contribution in [0.25, 0.3) is 99.2 Å². The molecule has 1 heterocycles. The van der Waals surface area contributed by atoms with Crippen molar-refractivity contribution in [3.05, 3.63) is 176 Å². The average Bonchev–Trinajstić information content (AvgIpc) is 3.20. The summed E-state index contributed by atoms with van der Waals surface area (Å²) in [6.45, 7) is 0. The van der Waals surface area contributed by atoms with E-state index in [4.69, 9.17) is 15.0 Å². The summed E-state index contributed by atoms with van der Waals surface area (Å²) in [7, 11) is 0. The Morgan fingerprint density at radius 3 is 1.20 bits per heavy atom. The topological polar surface area (TPSA) is 38.7 Å². The summed E-state index contributed by atoms with van der Waals surface area (Å²) in [5.41, 5.74) is 5.24. The summed E-state index contributed by atoms with van der Waals surface area (Å²) < 4.78 is 0. The van der Waals surface area contributed by atoms with Crippen molar-refractivity contribution in [2.24, 2.45) is 0 Å². The van der Waals surface area contributed by atoms with Crippen LogP contribution in [0.15, 0.2) is 176 Å². The van der Waals surface area contributed by atoms with Crippen molar-refractivity contribution in [1.82, 2.24) is 15.0 Å². The van der Waals surface area contributed by atoms with Gasteiger partial charge in [0.1, 0.15) is 0 Å². The van der Waals surface area contributed by atoms with Gasteiger partial charge in [0.2, 0.25) is 0 Å². The van der Waals surface area contributed by atoms with Gasteiger partial charge in [0.15, 0.2) is 17.5 Å². The zero-order valence-electron chi connectivity index (χ0n) is 27.1. The standard InChI is InChI=1S/C47H29N3/c1-2-12-33-27-34(26-23-30(33)11-1)31-21-24-32(25-22-31)45-48-46(43-28-35-13-3-5-15-37(35)39-17-7-9-19-41(39)43)50-47(49-45)44-29-36-14-4-6-16-38(36)40-18-8-10-20-42(40)44/h1-29H. The third-order valence-electron chi connectivity index (χ3n) is 9.88. The summed E-state index contributed by atoms with van der Waals surface area (Å²) in [6.07, 6.45) is 0. The molecule has 0 N–H and O–H groups in total. The highest BCUT2D eigenvalue weighted by atomic mass is 15.0. The number of hydrogen-bond acceptors (Lipinski definition) is 3. The van der Waals surface area contributed by atoms with E-state index in [1.165, 1.54) is 37.9 Å². The Morgan fingerprint density at radius 2 is 0.640 bits per heavy atom. The smallest absolute Gasteiger partial charge is 0.164 e. The van der Waals surface area contributed by atoms with Gasteiger partial charge in [0.25, 0.3) is 0 Å². The molecule has 9 aromatic carbocycles. The van der Waals surface area contributed by atoms with Crippen molar-refractivity contribution < 1.29 is 0 Å². The second-order valence-corrected chi connectivity index (χ2v) is 12.8. The quantitative estimate of drug-likeness (QED) is 0.181. The Labute approximate surface area is 289 Å². The first kappa shape index (κ1) is 28.3. The molecule has 0 saturated carbocycles. The van der Waals surface area contributed by atoms with Gasteiger partial charge in [-0.25, -0.2) is 15.0 Å². The normalized spacial score (nSPS) is 11.6. The van der Waals surface area contributed by atoms with Gasteiger partial charge in [0, 0.05) is 16.7 Å². The summed E-state index contributed by atoms with van der Waals surface area (Å²) >= 11 is 0. The fourth-order valence-electron chi connectivity index (χ4n) is 7.41. The van der Waals surface area contributed by atoms with Crippen molar-refractivity contribution in [3.63, 3.8) is 0 Å². The maximum atomic E-state index is 5.29. The number of nitrogens with zero attached hydrogens (tertiary/aromatic N) is 3. The zero-order chi connectivity index (χ0) is 33.0. The highest BCUT2D eigenvalue weighted by Gasteiger charge is 2.18. The molecule has 3 nitrogen and oxygen atoms in total. The van der Waals surface area contributed by atoms with Crippen LogP contribution in [-0.4, -0.2) is 15.0 Å². The van der Waals surface area contributed by atoms with Gasteiger partial charge in [-0.1, -0.05) is 158 Å². The fraction of sp³-hybridized carbons (Fsp3) is 0. The number of benzene rings is 9. The Morgan fingerprint density at radius 1 is 0.240 bits per heavy atom. The zero-order valence-corrected chi connectivity index (χ0v) is 27.1. The first-order valence-corrected chi connectivity index (χ1v) is 16.9. The van der Waals surface area contributed by atoms with Crippen LogP contribution >= 0.6 is 0 Å². The molecule has 0 atom stereocenters. The predicted octanol–water partition coefficient (Wildman–Crippen LogP) is 12.3. The van der Waals surface area contributed by atoms with E-state index < -0.39 is 0 Å². The Bertz CT molecular complexity index is 2790. The van der Waals surface area contributed by atoms with Crippen molar-refractivity contribution >= 4 is 53.9 Å². The van der Waals surface area contributed by atoms with Crippen molar-refractivity contribution in [3.8, 4) is 45.3 Å². The van der Waals surface area contributed by atoms with Gasteiger partial charge in [-0.05, 0) is 83.2 Å². The summed E-state index contributed by atoms with van der Waals surface area (Å²) in [4.78, 5) is 15.7. The second-order valence-electron chi connectivity index (χ2n) is 12.8. The van der Waals surface area contributed by atoms with Crippen LogP contribution in [0.2, 0.25) is 0 Å². The van der Waals surface area contributed by atoms with Crippen molar-refractivity contribution in [1.29, 1.82) is 0 Å². The molecule has 0 amide bonds. The molecule has 0 bridgehead atoms. The van der Waals surface area contributed by atoms with Crippen LogP contribution in [0.3, 0.4) is 0 Å². The minimum Gasteiger partial charge on any atom is -0.208 e. The number of fused-ring (bicyclic) bond motifs is 7. The number of hydrogen-bond donors (Lipinski definition) is 0. The van der Waals surface area contributed by atoms with Gasteiger partial charge >= 0.3 is 0 Å². The summed E-state index contributed by atoms with van der Waals surface area (Å²) in [5, 5.41) is 11.8. The molecule has 10 rings (SSSR count). The van der Waals surface area contributed by atoms with Gasteiger partial charge in [-0.3, -0.25) is 0 Å². The molecule has 0 aliphatic rings. The number of aromatic nitrogens is 3. The summed E-state index contributed by atoms with van der Waals surface area (Å²) in [6, 6.07) is 62.3. The molecular formula is C47H29N3. The van der Waals surface area contributed by atoms with Crippen molar-refractivity contribution in [2.75, 3.05) is 0 Å². The minimum atomic E-state index is 0.643. The molecule has 1 aromatic heterocycles. The van der Waals surface area contributed by atoms with E-state index in [1.54, 1.807) is 0 Å². The van der Waals surface area contributed by atoms with E-state index >= 15 is 0 Å². The Kier molecular flexibility index (Phi) is 6.49. The van der Waals surface area contributed by atoms with Crippen LogP contribution in [0.4, 0.5) is 0 Å². The lowest BCUT2D eigenvalue weighted by atomic mass is 9.96. The molecule has 3 heteroatoms. The maximum absolute atomic E-state index is 5.29. The molecule has 10 aromatic rings. The van der Waals surface area contributed by atoms with Gasteiger partial charge in [-0.15, -0.1) is 0 Å². The van der Waals surface area contributed by atoms with Crippen molar-refractivity contribution in [2.45, 2.75) is 0 Å². The van der Waals surface area contributed by atoms with Gasteiger partial charge in [-0.2, -0.15) is 0 Å². The fourth-order valence-corrected chi connectivity index (χ4v) is 7.41. The third-order valence-corrected chi connectivity index (χ3v) is 9.88. The first-order chi connectivity index (χ1) is 24.8. The molecular weight excluding hydrogens is 607 g/mol. The van der Waals surface area contributed by atoms with E-state index in [0.29, 0.717) is 17.5 Å². The number of rotatable bonds is 4. The Hall–Kier alpha value is -6.71. The highest BCUT2D eigenvalue weighted by Crippen LogP contribution is 2.38. The van der Waals surface area contributed by atoms with Crippen LogP contribution in [0, 0.1) is 0 Å². The lowest BCUT2D eigenvalue weighted by Gasteiger charge is -2.14. The van der Waals surface area contributed by atoms with Crippen LogP contribution in [0.1, 0.15) is 0 Å². The first-order valence-electron chi connectivity index (χ1n) is 16.9. The van der Waals surface area contributed by atoms with Gasteiger partial charge in [0.05, 0.1) is 0 Å². The molecule has 0 saturated heterocycles. The van der Waals surface area contributed by atoms with Crippen LogP contribution < -0.4 is 0 Å². The molecule has 0 aliphatic carbocycles. The van der Waals surface area contributed by atoms with Gasteiger partial charge < -0.3 is 0 Å². The van der Waals surface area contributed by atoms with E-state index in [2.05, 4.69) is 176 Å². The molecule has 0 radical (unpaired) electrons. The van der Waals surface area contributed by atoms with E-state index in [-0.39, 0.29) is 0 Å². The minimum absolute atomic E-state index is 0.643. The van der Waals surface area contributed by atoms with Crippen LogP contribution in [-0.2, 0) is 0 Å². The molecule has 232 valence electrons. The summed E-state index contributed by atoms with van der Waals surface area (Å²) in [5.74, 6) is 1.95. The molecule has 0 fully saturated rings. The molecule has 0 unspecified atom stereocenters. The van der Waals surface area contributed by atoms with E-state index in [0.717, 1.165) is 43.8 Å². The lowest BCUT2D eigenvalue weighted by molar-refractivity contribution is 1.08. The third kappa shape index (κ3) is 4.71. The second kappa shape index (κ2) is 11.5. The largest absolute Gasteiger partial charge is 0.208 e. The maximum Gasteiger partial charge on any atom is 0.164 e. The SMILES string of the molecule is c1ccc2cc(-c3ccc(-c4nc(-c5cc6ccccc6c6ccccc56)nc(-c5cc6ccccc6c6ccccc56)n4)cc3)ccc2c1. The lowest BCUT2D eigenvalue weighted by Crippen LogP contribution is -2.01.